The van der Waals surface area contributed by atoms with Gasteiger partial charge >= 0.3 is 11.7 Å². The second-order valence-corrected chi connectivity index (χ2v) is 1.47. The van der Waals surface area contributed by atoms with Gasteiger partial charge in [0.15, 0.2) is 0 Å². The Morgan fingerprint density at radius 1 is 1.64 bits per heavy atom. The molecule has 0 rings (SSSR count). The molecular weight excluding hydrogens is 148 g/mol. The molecule has 0 aromatic carbocycles. The molecule has 0 atom stereocenters. The van der Waals surface area contributed by atoms with Crippen LogP contribution in [0, 0.1) is 0 Å². The number of esters is 1. The zero-order valence-corrected chi connectivity index (χ0v) is 5.85. The predicted octanol–water partition coefficient (Wildman–Crippen LogP) is -0.415. The number of allylic oxidation sites excluding steroid dienone is 1. The molecule has 0 N–H and O–H groups in total. The lowest BCUT2D eigenvalue weighted by Gasteiger charge is -1.85. The molecule has 5 nitrogen and oxygen atoms in total. The Morgan fingerprint density at radius 3 is 2.64 bits per heavy atom. The molecule has 0 aromatic heterocycles. The molecule has 0 radical (unpaired) electrons. The van der Waals surface area contributed by atoms with Gasteiger partial charge in [-0.2, -0.15) is 4.79 Å². The second kappa shape index (κ2) is 5.08. The summed E-state index contributed by atoms with van der Waals surface area (Å²) in [6.45, 7) is 0. The fourth-order valence-electron chi connectivity index (χ4n) is 0.377. The third-order valence-electron chi connectivity index (χ3n) is 0.835. The van der Waals surface area contributed by atoms with Crippen LogP contribution >= 0.6 is 0 Å². The zero-order valence-electron chi connectivity index (χ0n) is 5.85. The van der Waals surface area contributed by atoms with Crippen LogP contribution in [0.15, 0.2) is 12.2 Å². The summed E-state index contributed by atoms with van der Waals surface area (Å²) >= 11 is 0. The van der Waals surface area contributed by atoms with Gasteiger partial charge in [0.1, 0.15) is 6.29 Å². The fraction of sp³-hybridized carbons (Fsp3) is 0.167. The van der Waals surface area contributed by atoms with Crippen LogP contribution in [0.3, 0.4) is 0 Å². The van der Waals surface area contributed by atoms with Crippen LogP contribution in [-0.2, 0) is 14.3 Å². The molecular formula is C6H6N2O3. The predicted molar refractivity (Wildman–Crippen MR) is 35.8 cm³/mol. The highest BCUT2D eigenvalue weighted by Crippen LogP contribution is 1.79. The summed E-state index contributed by atoms with van der Waals surface area (Å²) in [7, 11) is 1.14. The quantitative estimate of drug-likeness (QED) is 0.138. The Bertz CT molecular complexity index is 238. The average Bonchev–Trinajstić information content (AvgIpc) is 2.05. The highest BCUT2D eigenvalue weighted by atomic mass is 16.5. The summed E-state index contributed by atoms with van der Waals surface area (Å²) in [5, 5.41) is 0. The first-order chi connectivity index (χ1) is 5.26. The summed E-state index contributed by atoms with van der Waals surface area (Å²) in [5.74, 6) is -0.800. The van der Waals surface area contributed by atoms with Crippen LogP contribution in [0.2, 0.25) is 0 Å². The molecule has 0 heterocycles. The molecule has 0 saturated heterocycles. The van der Waals surface area contributed by atoms with Gasteiger partial charge in [0, 0.05) is 6.08 Å². The summed E-state index contributed by atoms with van der Waals surface area (Å²) in [6.07, 6.45) is 2.51. The molecule has 0 aliphatic rings. The molecule has 11 heavy (non-hydrogen) atoms. The molecule has 0 aromatic rings. The minimum Gasteiger partial charge on any atom is -0.460 e. The van der Waals surface area contributed by atoms with Crippen molar-refractivity contribution in [2.45, 2.75) is 0 Å². The monoisotopic (exact) mass is 154 g/mol. The molecule has 0 unspecified atom stereocenters. The lowest BCUT2D eigenvalue weighted by Crippen LogP contribution is -2.13. The van der Waals surface area contributed by atoms with Gasteiger partial charge < -0.3 is 10.3 Å². The summed E-state index contributed by atoms with van der Waals surface area (Å²) in [4.78, 5) is 22.9. The van der Waals surface area contributed by atoms with Crippen molar-refractivity contribution in [1.29, 1.82) is 0 Å². The van der Waals surface area contributed by atoms with Crippen molar-refractivity contribution < 1.29 is 19.1 Å². The van der Waals surface area contributed by atoms with Crippen LogP contribution in [-0.4, -0.2) is 29.9 Å². The van der Waals surface area contributed by atoms with Crippen LogP contribution in [0.4, 0.5) is 0 Å². The Morgan fingerprint density at radius 2 is 2.27 bits per heavy atom. The highest BCUT2D eigenvalue weighted by molar-refractivity contribution is 6.38. The Balaban J connectivity index is 4.44. The lowest BCUT2D eigenvalue weighted by atomic mass is 10.3. The topological polar surface area (TPSA) is 79.8 Å². The first-order valence-electron chi connectivity index (χ1n) is 2.68. The van der Waals surface area contributed by atoms with E-state index in [1.807, 2.05) is 0 Å². The van der Waals surface area contributed by atoms with Gasteiger partial charge in [-0.15, -0.1) is 0 Å². The molecule has 0 bridgehead atoms. The SMILES string of the molecule is COC(=O)C(/C=C/C=O)=[N+]=[N-]. The van der Waals surface area contributed by atoms with Crippen LogP contribution in [0.25, 0.3) is 5.53 Å². The lowest BCUT2D eigenvalue weighted by molar-refractivity contribution is -0.137. The van der Waals surface area contributed by atoms with Crippen molar-refractivity contribution >= 4 is 18.0 Å². The molecule has 0 saturated carbocycles. The van der Waals surface area contributed by atoms with Crippen molar-refractivity contribution in [3.63, 3.8) is 0 Å². The van der Waals surface area contributed by atoms with Gasteiger partial charge in [0.2, 0.25) is 0 Å². The third-order valence-corrected chi connectivity index (χ3v) is 0.835. The fourth-order valence-corrected chi connectivity index (χ4v) is 0.377. The van der Waals surface area contributed by atoms with Crippen molar-refractivity contribution in [2.75, 3.05) is 7.11 Å². The maximum absolute atomic E-state index is 10.6. The number of ether oxygens (including phenoxy) is 1. The van der Waals surface area contributed by atoms with E-state index in [0.29, 0.717) is 6.29 Å². The summed E-state index contributed by atoms with van der Waals surface area (Å²) in [5.41, 5.74) is 7.85. The average molecular weight is 154 g/mol. The molecule has 0 spiro atoms. The Kier molecular flexibility index (Phi) is 4.27. The van der Waals surface area contributed by atoms with Crippen LogP contribution < -0.4 is 0 Å². The van der Waals surface area contributed by atoms with Crippen molar-refractivity contribution in [2.24, 2.45) is 0 Å². The number of nitrogens with zero attached hydrogens (tertiary/aromatic N) is 2. The van der Waals surface area contributed by atoms with Crippen molar-refractivity contribution in [3.05, 3.63) is 17.7 Å². The number of methoxy groups -OCH3 is 1. The Hall–Kier alpha value is -1.74. The first-order valence-corrected chi connectivity index (χ1v) is 2.68. The minimum atomic E-state index is -0.800. The van der Waals surface area contributed by atoms with Gasteiger partial charge in [-0.3, -0.25) is 4.79 Å². The molecule has 0 aliphatic heterocycles. The van der Waals surface area contributed by atoms with E-state index in [2.05, 4.69) is 9.53 Å². The standard InChI is InChI=1S/C6H6N2O3/c1-11-6(10)5(8-7)3-2-4-9/h2-4H,1H3/b3-2+. The van der Waals surface area contributed by atoms with Crippen molar-refractivity contribution in [1.82, 2.24) is 0 Å². The number of hydrogen-bond acceptors (Lipinski definition) is 3. The Labute approximate surface area is 62.9 Å². The number of aldehydes is 1. The van der Waals surface area contributed by atoms with E-state index in [-0.39, 0.29) is 5.71 Å². The van der Waals surface area contributed by atoms with Gasteiger partial charge in [-0.05, 0) is 6.08 Å². The number of carbonyl (C=O) groups is 2. The van der Waals surface area contributed by atoms with E-state index in [1.54, 1.807) is 0 Å². The van der Waals surface area contributed by atoms with Crippen molar-refractivity contribution in [3.8, 4) is 0 Å². The largest absolute Gasteiger partial charge is 0.460 e. The van der Waals surface area contributed by atoms with Gasteiger partial charge in [0.25, 0.3) is 0 Å². The molecule has 0 aliphatic carbocycles. The second-order valence-electron chi connectivity index (χ2n) is 1.47. The molecule has 0 amide bonds. The number of rotatable bonds is 3. The van der Waals surface area contributed by atoms with E-state index >= 15 is 0 Å². The molecule has 0 fully saturated rings. The van der Waals surface area contributed by atoms with Gasteiger partial charge in [0.05, 0.1) is 7.11 Å². The zero-order chi connectivity index (χ0) is 8.69. The number of carbonyl (C=O) groups excluding carboxylic acids is 2. The maximum Gasteiger partial charge on any atom is 0.421 e. The van der Waals surface area contributed by atoms with Crippen LogP contribution in [0.5, 0.6) is 0 Å². The summed E-state index contributed by atoms with van der Waals surface area (Å²) in [6, 6.07) is 0. The van der Waals surface area contributed by atoms with E-state index in [4.69, 9.17) is 5.53 Å². The molecule has 58 valence electrons. The first kappa shape index (κ1) is 9.26. The molecule has 5 heteroatoms. The normalized spacial score (nSPS) is 8.82. The maximum atomic E-state index is 10.6. The summed E-state index contributed by atoms with van der Waals surface area (Å²) < 4.78 is 4.20. The smallest absolute Gasteiger partial charge is 0.421 e. The van der Waals surface area contributed by atoms with Gasteiger partial charge in [-0.25, -0.2) is 4.79 Å². The van der Waals surface area contributed by atoms with Crippen LogP contribution in [0.1, 0.15) is 0 Å². The number of hydrogen-bond donors (Lipinski definition) is 0. The van der Waals surface area contributed by atoms with Gasteiger partial charge in [-0.1, -0.05) is 0 Å². The third kappa shape index (κ3) is 3.07. The van der Waals surface area contributed by atoms with E-state index in [1.165, 1.54) is 0 Å². The minimum absolute atomic E-state index is 0.320. The van der Waals surface area contributed by atoms with E-state index in [0.717, 1.165) is 19.3 Å². The highest BCUT2D eigenvalue weighted by Gasteiger charge is 2.15. The van der Waals surface area contributed by atoms with E-state index < -0.39 is 5.97 Å². The van der Waals surface area contributed by atoms with E-state index in [9.17, 15) is 9.59 Å².